The molecule has 0 aromatic carbocycles. The first-order chi connectivity index (χ1) is 6.25. The first kappa shape index (κ1) is 8.96. The van der Waals surface area contributed by atoms with Crippen LogP contribution in [0, 0.1) is 23.7 Å². The largest absolute Gasteiger partial charge is 0.316 e. The average molecular weight is 185 g/mol. The normalized spacial score (nSPS) is 44.2. The van der Waals surface area contributed by atoms with Crippen LogP contribution in [0.1, 0.15) is 12.8 Å². The third-order valence-corrected chi connectivity index (χ3v) is 2.90. The van der Waals surface area contributed by atoms with Crippen molar-refractivity contribution in [3.63, 3.8) is 0 Å². The Morgan fingerprint density at radius 2 is 1.38 bits per heavy atom. The summed E-state index contributed by atoms with van der Waals surface area (Å²) in [5.74, 6) is 5.22. The molecule has 1 nitrogen and oxygen atoms in total. The second-order valence-corrected chi connectivity index (χ2v) is 3.87. The van der Waals surface area contributed by atoms with Crippen LogP contribution in [0.2, 0.25) is 0 Å². The van der Waals surface area contributed by atoms with E-state index in [9.17, 15) is 8.78 Å². The maximum atomic E-state index is 13.1. The van der Waals surface area contributed by atoms with E-state index >= 15 is 0 Å². The van der Waals surface area contributed by atoms with Gasteiger partial charge in [0.05, 0.1) is 0 Å². The second kappa shape index (κ2) is 3.63. The zero-order chi connectivity index (χ0) is 9.26. The first-order valence-corrected chi connectivity index (χ1v) is 4.75. The lowest BCUT2D eigenvalue weighted by Gasteiger charge is -2.20. The number of halogens is 2. The molecule has 0 saturated carbocycles. The van der Waals surface area contributed by atoms with Gasteiger partial charge in [-0.05, 0) is 37.8 Å². The maximum absolute atomic E-state index is 13.1. The monoisotopic (exact) mass is 185 g/mol. The van der Waals surface area contributed by atoms with Gasteiger partial charge in [0.2, 0.25) is 0 Å². The van der Waals surface area contributed by atoms with Crippen molar-refractivity contribution >= 4 is 0 Å². The van der Waals surface area contributed by atoms with Gasteiger partial charge in [0.25, 0.3) is 0 Å². The average Bonchev–Trinajstić information content (AvgIpc) is 2.47. The molecular formula is C10H13F2N. The molecule has 0 aromatic rings. The molecule has 1 aliphatic heterocycles. The van der Waals surface area contributed by atoms with Gasteiger partial charge < -0.3 is 5.32 Å². The number of fused-ring (bicyclic) bond motifs is 1. The molecule has 72 valence electrons. The van der Waals surface area contributed by atoms with Gasteiger partial charge in [-0.2, -0.15) is 0 Å². The third kappa shape index (κ3) is 2.00. The summed E-state index contributed by atoms with van der Waals surface area (Å²) >= 11 is 0. The number of hydrogen-bond acceptors (Lipinski definition) is 1. The molecule has 1 aliphatic carbocycles. The van der Waals surface area contributed by atoms with Crippen molar-refractivity contribution in [2.24, 2.45) is 11.8 Å². The lowest BCUT2D eigenvalue weighted by Crippen LogP contribution is -2.22. The molecule has 4 unspecified atom stereocenters. The van der Waals surface area contributed by atoms with E-state index in [0.29, 0.717) is 12.8 Å². The van der Waals surface area contributed by atoms with Crippen LogP contribution in [0.4, 0.5) is 8.78 Å². The quantitative estimate of drug-likeness (QED) is 0.561. The van der Waals surface area contributed by atoms with Crippen molar-refractivity contribution in [1.29, 1.82) is 0 Å². The van der Waals surface area contributed by atoms with Crippen molar-refractivity contribution in [1.82, 2.24) is 5.32 Å². The van der Waals surface area contributed by atoms with Crippen molar-refractivity contribution < 1.29 is 8.78 Å². The van der Waals surface area contributed by atoms with Crippen molar-refractivity contribution in [3.05, 3.63) is 0 Å². The van der Waals surface area contributed by atoms with Crippen LogP contribution in [0.15, 0.2) is 0 Å². The molecule has 0 spiro atoms. The summed E-state index contributed by atoms with van der Waals surface area (Å²) < 4.78 is 26.1. The summed E-state index contributed by atoms with van der Waals surface area (Å²) in [5, 5.41) is 3.17. The van der Waals surface area contributed by atoms with Crippen LogP contribution in [-0.2, 0) is 0 Å². The van der Waals surface area contributed by atoms with E-state index in [4.69, 9.17) is 0 Å². The van der Waals surface area contributed by atoms with Gasteiger partial charge in [0.15, 0.2) is 12.3 Å². The molecule has 1 N–H and O–H groups in total. The molecule has 1 heterocycles. The van der Waals surface area contributed by atoms with Gasteiger partial charge in [-0.3, -0.25) is 0 Å². The van der Waals surface area contributed by atoms with E-state index in [1.807, 2.05) is 0 Å². The van der Waals surface area contributed by atoms with E-state index in [-0.39, 0.29) is 11.8 Å². The summed E-state index contributed by atoms with van der Waals surface area (Å²) in [6, 6.07) is 0. The molecule has 0 bridgehead atoms. The Morgan fingerprint density at radius 3 is 1.85 bits per heavy atom. The highest BCUT2D eigenvalue weighted by Crippen LogP contribution is 2.28. The molecule has 4 atom stereocenters. The Bertz CT molecular complexity index is 221. The molecule has 3 heteroatoms. The van der Waals surface area contributed by atoms with Gasteiger partial charge >= 0.3 is 0 Å². The highest BCUT2D eigenvalue weighted by atomic mass is 19.1. The maximum Gasteiger partial charge on any atom is 0.161 e. The summed E-state index contributed by atoms with van der Waals surface area (Å²) in [5.41, 5.74) is 0. The fourth-order valence-corrected chi connectivity index (χ4v) is 2.17. The lowest BCUT2D eigenvalue weighted by molar-refractivity contribution is 0.244. The van der Waals surface area contributed by atoms with Gasteiger partial charge in [0, 0.05) is 0 Å². The van der Waals surface area contributed by atoms with Gasteiger partial charge in [0.1, 0.15) is 0 Å². The number of hydrogen-bond donors (Lipinski definition) is 1. The molecule has 0 amide bonds. The Balaban J connectivity index is 2.10. The fourth-order valence-electron chi connectivity index (χ4n) is 2.17. The Kier molecular flexibility index (Phi) is 2.50. The molecule has 2 aliphatic rings. The van der Waals surface area contributed by atoms with Crippen LogP contribution in [0.3, 0.4) is 0 Å². The van der Waals surface area contributed by atoms with Crippen LogP contribution in [0.25, 0.3) is 0 Å². The minimum absolute atomic E-state index is 0.280. The number of rotatable bonds is 0. The zero-order valence-corrected chi connectivity index (χ0v) is 7.39. The SMILES string of the molecule is FC1C#CC(F)CC2CNCC2C1. The van der Waals surface area contributed by atoms with Crippen molar-refractivity contribution in [2.45, 2.75) is 25.2 Å². The van der Waals surface area contributed by atoms with Gasteiger partial charge in [-0.15, -0.1) is 0 Å². The highest BCUT2D eigenvalue weighted by molar-refractivity contribution is 5.12. The highest BCUT2D eigenvalue weighted by Gasteiger charge is 2.31. The minimum atomic E-state index is -1.13. The van der Waals surface area contributed by atoms with E-state index < -0.39 is 12.3 Å². The molecule has 1 fully saturated rings. The molecule has 13 heavy (non-hydrogen) atoms. The third-order valence-electron chi connectivity index (χ3n) is 2.90. The van der Waals surface area contributed by atoms with E-state index in [1.54, 1.807) is 0 Å². The van der Waals surface area contributed by atoms with Crippen molar-refractivity contribution in [2.75, 3.05) is 13.1 Å². The first-order valence-electron chi connectivity index (χ1n) is 4.75. The van der Waals surface area contributed by atoms with E-state index in [0.717, 1.165) is 13.1 Å². The molecule has 0 radical (unpaired) electrons. The minimum Gasteiger partial charge on any atom is -0.316 e. The molecular weight excluding hydrogens is 172 g/mol. The van der Waals surface area contributed by atoms with Gasteiger partial charge in [-0.1, -0.05) is 11.8 Å². The molecule has 0 aromatic heterocycles. The number of nitrogens with one attached hydrogen (secondary N) is 1. The molecule has 2 rings (SSSR count). The van der Waals surface area contributed by atoms with Crippen LogP contribution < -0.4 is 5.32 Å². The standard InChI is InChI=1S/C10H13F2N/c11-9-1-2-10(12)4-8-6-13-5-7(8)3-9/h7-10,13H,3-6H2. The predicted octanol–water partition coefficient (Wildman–Crippen LogP) is 1.30. The smallest absolute Gasteiger partial charge is 0.161 e. The van der Waals surface area contributed by atoms with Crippen LogP contribution >= 0.6 is 0 Å². The zero-order valence-electron chi connectivity index (χ0n) is 7.39. The summed E-state index contributed by atoms with van der Waals surface area (Å²) in [6.45, 7) is 1.64. The Labute approximate surface area is 76.9 Å². The lowest BCUT2D eigenvalue weighted by atomic mass is 9.86. The fraction of sp³-hybridized carbons (Fsp3) is 0.800. The Hall–Kier alpha value is -0.620. The number of alkyl halides is 2. The van der Waals surface area contributed by atoms with E-state index in [1.165, 1.54) is 0 Å². The van der Waals surface area contributed by atoms with Gasteiger partial charge in [-0.25, -0.2) is 8.78 Å². The summed E-state index contributed by atoms with van der Waals surface area (Å²) in [7, 11) is 0. The summed E-state index contributed by atoms with van der Waals surface area (Å²) in [6.07, 6.45) is -1.33. The molecule has 1 saturated heterocycles. The van der Waals surface area contributed by atoms with Crippen molar-refractivity contribution in [3.8, 4) is 11.8 Å². The summed E-state index contributed by atoms with van der Waals surface area (Å²) in [4.78, 5) is 0. The predicted molar refractivity (Wildman–Crippen MR) is 46.7 cm³/mol. The van der Waals surface area contributed by atoms with E-state index in [2.05, 4.69) is 17.2 Å². The second-order valence-electron chi connectivity index (χ2n) is 3.87. The van der Waals surface area contributed by atoms with Crippen LogP contribution in [0.5, 0.6) is 0 Å². The topological polar surface area (TPSA) is 12.0 Å². The Morgan fingerprint density at radius 1 is 0.923 bits per heavy atom. The van der Waals surface area contributed by atoms with Crippen LogP contribution in [-0.4, -0.2) is 25.4 Å².